The normalized spacial score (nSPS) is 10.4. The van der Waals surface area contributed by atoms with Gasteiger partial charge in [-0.2, -0.15) is 5.10 Å². The minimum atomic E-state index is -0.111. The van der Waals surface area contributed by atoms with Crippen LogP contribution in [0.1, 0.15) is 29.3 Å². The van der Waals surface area contributed by atoms with Gasteiger partial charge in [0.05, 0.1) is 6.20 Å². The standard InChI is InChI=1S/C14H18ClN5O/c1-3-4-16-13-6-11(5-12(15)19-13)14(21)20(2)9-10-7-17-18-8-10/h5-8H,3-4,9H2,1-2H3,(H,16,19)(H,17,18). The monoisotopic (exact) mass is 307 g/mol. The van der Waals surface area contributed by atoms with Crippen molar-refractivity contribution in [1.29, 1.82) is 0 Å². The molecule has 7 heteroatoms. The number of nitrogens with one attached hydrogen (secondary N) is 2. The first-order chi connectivity index (χ1) is 10.1. The topological polar surface area (TPSA) is 73.9 Å². The van der Waals surface area contributed by atoms with Crippen LogP contribution >= 0.6 is 11.6 Å². The molecule has 0 fully saturated rings. The van der Waals surface area contributed by atoms with Gasteiger partial charge < -0.3 is 10.2 Å². The molecule has 0 saturated heterocycles. The molecule has 0 atom stereocenters. The number of nitrogens with zero attached hydrogens (tertiary/aromatic N) is 3. The van der Waals surface area contributed by atoms with Gasteiger partial charge in [0.1, 0.15) is 11.0 Å². The zero-order valence-corrected chi connectivity index (χ0v) is 12.8. The second-order valence-corrected chi connectivity index (χ2v) is 5.15. The largest absolute Gasteiger partial charge is 0.370 e. The van der Waals surface area contributed by atoms with E-state index < -0.39 is 0 Å². The number of amides is 1. The Morgan fingerprint density at radius 3 is 2.95 bits per heavy atom. The van der Waals surface area contributed by atoms with Crippen molar-refractivity contribution in [2.45, 2.75) is 19.9 Å². The third kappa shape index (κ3) is 4.19. The summed E-state index contributed by atoms with van der Waals surface area (Å²) in [6.07, 6.45) is 4.42. The van der Waals surface area contributed by atoms with Gasteiger partial charge in [-0.3, -0.25) is 9.89 Å². The van der Waals surface area contributed by atoms with Crippen LogP contribution in [-0.4, -0.2) is 39.6 Å². The van der Waals surface area contributed by atoms with E-state index in [4.69, 9.17) is 11.6 Å². The van der Waals surface area contributed by atoms with E-state index >= 15 is 0 Å². The molecule has 0 aromatic carbocycles. The lowest BCUT2D eigenvalue weighted by molar-refractivity contribution is 0.0785. The third-order valence-corrected chi connectivity index (χ3v) is 3.11. The van der Waals surface area contributed by atoms with E-state index in [1.54, 1.807) is 36.5 Å². The van der Waals surface area contributed by atoms with E-state index in [1.807, 2.05) is 0 Å². The third-order valence-electron chi connectivity index (χ3n) is 2.92. The summed E-state index contributed by atoms with van der Waals surface area (Å²) in [7, 11) is 1.74. The molecule has 0 aliphatic carbocycles. The van der Waals surface area contributed by atoms with Crippen molar-refractivity contribution in [3.63, 3.8) is 0 Å². The zero-order chi connectivity index (χ0) is 15.2. The molecule has 2 aromatic heterocycles. The first-order valence-corrected chi connectivity index (χ1v) is 7.12. The second-order valence-electron chi connectivity index (χ2n) is 4.76. The summed E-state index contributed by atoms with van der Waals surface area (Å²) in [4.78, 5) is 18.2. The van der Waals surface area contributed by atoms with Gasteiger partial charge in [0.2, 0.25) is 0 Å². The number of aromatic nitrogens is 3. The average Bonchev–Trinajstić information content (AvgIpc) is 2.96. The van der Waals surface area contributed by atoms with Crippen molar-refractivity contribution in [3.8, 4) is 0 Å². The Labute approximate surface area is 128 Å². The Balaban J connectivity index is 2.12. The number of aromatic amines is 1. The molecule has 1 amide bonds. The molecule has 0 bridgehead atoms. The van der Waals surface area contributed by atoms with Crippen LogP contribution in [0.4, 0.5) is 5.82 Å². The van der Waals surface area contributed by atoms with Crippen molar-refractivity contribution < 1.29 is 4.79 Å². The van der Waals surface area contributed by atoms with Crippen molar-refractivity contribution in [3.05, 3.63) is 40.8 Å². The molecule has 2 heterocycles. The Morgan fingerprint density at radius 1 is 1.48 bits per heavy atom. The van der Waals surface area contributed by atoms with E-state index in [1.165, 1.54) is 0 Å². The summed E-state index contributed by atoms with van der Waals surface area (Å²) in [5, 5.41) is 10.0. The summed E-state index contributed by atoms with van der Waals surface area (Å²) in [6.45, 7) is 3.32. The van der Waals surface area contributed by atoms with Gasteiger partial charge in [-0.25, -0.2) is 4.98 Å². The Bertz CT molecular complexity index is 599. The maximum absolute atomic E-state index is 12.4. The number of hydrogen-bond donors (Lipinski definition) is 2. The van der Waals surface area contributed by atoms with Gasteiger partial charge in [0.25, 0.3) is 5.91 Å². The first-order valence-electron chi connectivity index (χ1n) is 6.74. The highest BCUT2D eigenvalue weighted by Gasteiger charge is 2.14. The number of pyridine rings is 1. The summed E-state index contributed by atoms with van der Waals surface area (Å²) >= 11 is 5.98. The molecule has 0 radical (unpaired) electrons. The zero-order valence-electron chi connectivity index (χ0n) is 12.1. The average molecular weight is 308 g/mol. The van der Waals surface area contributed by atoms with Gasteiger partial charge in [0.15, 0.2) is 0 Å². The smallest absolute Gasteiger partial charge is 0.254 e. The fourth-order valence-corrected chi connectivity index (χ4v) is 2.10. The molecule has 0 unspecified atom stereocenters. The van der Waals surface area contributed by atoms with Gasteiger partial charge >= 0.3 is 0 Å². The molecular formula is C14H18ClN5O. The summed E-state index contributed by atoms with van der Waals surface area (Å²) < 4.78 is 0. The van der Waals surface area contributed by atoms with Crippen LogP contribution in [0.2, 0.25) is 5.15 Å². The van der Waals surface area contributed by atoms with E-state index in [0.717, 1.165) is 18.5 Å². The van der Waals surface area contributed by atoms with E-state index in [0.29, 0.717) is 23.1 Å². The quantitative estimate of drug-likeness (QED) is 0.804. The molecule has 0 aliphatic rings. The Kier molecular flexibility index (Phi) is 5.16. The van der Waals surface area contributed by atoms with E-state index in [-0.39, 0.29) is 5.91 Å². The summed E-state index contributed by atoms with van der Waals surface area (Å²) in [6, 6.07) is 3.29. The Hall–Kier alpha value is -2.08. The number of carbonyl (C=O) groups is 1. The lowest BCUT2D eigenvalue weighted by Crippen LogP contribution is -2.26. The fraction of sp³-hybridized carbons (Fsp3) is 0.357. The van der Waals surface area contributed by atoms with Crippen LogP contribution in [0.25, 0.3) is 0 Å². The van der Waals surface area contributed by atoms with Crippen LogP contribution in [0.3, 0.4) is 0 Å². The number of H-pyrrole nitrogens is 1. The highest BCUT2D eigenvalue weighted by atomic mass is 35.5. The maximum Gasteiger partial charge on any atom is 0.254 e. The molecular weight excluding hydrogens is 290 g/mol. The van der Waals surface area contributed by atoms with Crippen LogP contribution in [-0.2, 0) is 6.54 Å². The minimum absolute atomic E-state index is 0.111. The van der Waals surface area contributed by atoms with E-state index in [2.05, 4.69) is 27.4 Å². The van der Waals surface area contributed by atoms with Crippen LogP contribution in [0, 0.1) is 0 Å². The predicted octanol–water partition coefficient (Wildman–Crippen LogP) is 2.55. The lowest BCUT2D eigenvalue weighted by Gasteiger charge is -2.17. The number of rotatable bonds is 6. The SMILES string of the molecule is CCCNc1cc(C(=O)N(C)Cc2cn[nH]c2)cc(Cl)n1. The molecule has 112 valence electrons. The van der Waals surface area contributed by atoms with Crippen molar-refractivity contribution in [2.75, 3.05) is 18.9 Å². The molecule has 2 rings (SSSR count). The van der Waals surface area contributed by atoms with Gasteiger partial charge in [-0.05, 0) is 18.6 Å². The number of hydrogen-bond acceptors (Lipinski definition) is 4. The van der Waals surface area contributed by atoms with Crippen LogP contribution in [0.5, 0.6) is 0 Å². The maximum atomic E-state index is 12.4. The molecule has 21 heavy (non-hydrogen) atoms. The highest BCUT2D eigenvalue weighted by molar-refractivity contribution is 6.29. The molecule has 2 aromatic rings. The molecule has 6 nitrogen and oxygen atoms in total. The molecule has 2 N–H and O–H groups in total. The van der Waals surface area contributed by atoms with Gasteiger partial charge in [-0.1, -0.05) is 18.5 Å². The van der Waals surface area contributed by atoms with Crippen molar-refractivity contribution in [2.24, 2.45) is 0 Å². The molecule has 0 aliphatic heterocycles. The number of anilines is 1. The van der Waals surface area contributed by atoms with Gasteiger partial charge in [-0.15, -0.1) is 0 Å². The lowest BCUT2D eigenvalue weighted by atomic mass is 10.2. The number of halogens is 1. The van der Waals surface area contributed by atoms with Crippen LogP contribution in [0.15, 0.2) is 24.5 Å². The Morgan fingerprint density at radius 2 is 2.29 bits per heavy atom. The molecule has 0 spiro atoms. The summed E-state index contributed by atoms with van der Waals surface area (Å²) in [5.74, 6) is 0.504. The fourth-order valence-electron chi connectivity index (χ4n) is 1.89. The number of carbonyl (C=O) groups excluding carboxylic acids is 1. The second kappa shape index (κ2) is 7.08. The summed E-state index contributed by atoms with van der Waals surface area (Å²) in [5.41, 5.74) is 1.45. The highest BCUT2D eigenvalue weighted by Crippen LogP contribution is 2.16. The minimum Gasteiger partial charge on any atom is -0.370 e. The van der Waals surface area contributed by atoms with Gasteiger partial charge in [0, 0.05) is 37.5 Å². The van der Waals surface area contributed by atoms with Crippen molar-refractivity contribution >= 4 is 23.3 Å². The first kappa shape index (κ1) is 15.3. The van der Waals surface area contributed by atoms with Crippen LogP contribution < -0.4 is 5.32 Å². The van der Waals surface area contributed by atoms with Crippen molar-refractivity contribution in [1.82, 2.24) is 20.1 Å². The predicted molar refractivity (Wildman–Crippen MR) is 82.4 cm³/mol. The van der Waals surface area contributed by atoms with E-state index in [9.17, 15) is 4.79 Å². The molecule has 0 saturated carbocycles.